The van der Waals surface area contributed by atoms with Crippen LogP contribution < -0.4 is 10.1 Å². The summed E-state index contributed by atoms with van der Waals surface area (Å²) in [6, 6.07) is 6.29. The Kier molecular flexibility index (Phi) is 4.30. The lowest BCUT2D eigenvalue weighted by atomic mass is 9.92. The number of hydrogen-bond acceptors (Lipinski definition) is 2. The molecule has 0 aromatic heterocycles. The average molecular weight is 254 g/mol. The molecule has 1 fully saturated rings. The molecule has 1 aromatic rings. The summed E-state index contributed by atoms with van der Waals surface area (Å²) in [5.74, 6) is 0.921. The molecule has 1 aliphatic carbocycles. The van der Waals surface area contributed by atoms with Crippen LogP contribution >= 0.6 is 11.6 Å². The molecule has 2 rings (SSSR count). The fraction of sp³-hybridized carbons (Fsp3) is 0.571. The fourth-order valence-electron chi connectivity index (χ4n) is 2.43. The van der Waals surface area contributed by atoms with E-state index < -0.39 is 0 Å². The molecular formula is C14H20ClNO. The van der Waals surface area contributed by atoms with E-state index >= 15 is 0 Å². The SMILES string of the molecule is CNC1CCCCC1Oc1cc(Cl)ccc1C. The van der Waals surface area contributed by atoms with Gasteiger partial charge in [-0.15, -0.1) is 0 Å². The van der Waals surface area contributed by atoms with E-state index in [1.54, 1.807) is 0 Å². The Morgan fingerprint density at radius 1 is 1.29 bits per heavy atom. The van der Waals surface area contributed by atoms with Gasteiger partial charge >= 0.3 is 0 Å². The van der Waals surface area contributed by atoms with Gasteiger partial charge in [-0.2, -0.15) is 0 Å². The van der Waals surface area contributed by atoms with Crippen molar-refractivity contribution >= 4 is 11.6 Å². The van der Waals surface area contributed by atoms with E-state index in [4.69, 9.17) is 16.3 Å². The first kappa shape index (κ1) is 12.7. The lowest BCUT2D eigenvalue weighted by Crippen LogP contribution is -2.43. The average Bonchev–Trinajstić information content (AvgIpc) is 2.34. The van der Waals surface area contributed by atoms with Gasteiger partial charge in [0.25, 0.3) is 0 Å². The van der Waals surface area contributed by atoms with Gasteiger partial charge in [0.05, 0.1) is 0 Å². The quantitative estimate of drug-likeness (QED) is 0.890. The third-order valence-electron chi connectivity index (χ3n) is 3.50. The number of likely N-dealkylation sites (N-methyl/N-ethyl adjacent to an activating group) is 1. The molecule has 0 amide bonds. The molecular weight excluding hydrogens is 234 g/mol. The Morgan fingerprint density at radius 3 is 2.82 bits per heavy atom. The number of hydrogen-bond donors (Lipinski definition) is 1. The predicted octanol–water partition coefficient (Wildman–Crippen LogP) is 3.56. The number of aryl methyl sites for hydroxylation is 1. The summed E-state index contributed by atoms with van der Waals surface area (Å²) in [4.78, 5) is 0. The number of halogens is 1. The second kappa shape index (κ2) is 5.74. The van der Waals surface area contributed by atoms with Crippen molar-refractivity contribution in [2.45, 2.75) is 44.8 Å². The van der Waals surface area contributed by atoms with Crippen LogP contribution in [0.1, 0.15) is 31.2 Å². The molecule has 17 heavy (non-hydrogen) atoms. The lowest BCUT2D eigenvalue weighted by Gasteiger charge is -2.32. The van der Waals surface area contributed by atoms with Crippen molar-refractivity contribution in [2.75, 3.05) is 7.05 Å². The van der Waals surface area contributed by atoms with Crippen LogP contribution in [0.5, 0.6) is 5.75 Å². The highest BCUT2D eigenvalue weighted by Crippen LogP contribution is 2.28. The maximum Gasteiger partial charge on any atom is 0.124 e. The van der Waals surface area contributed by atoms with Crippen LogP contribution in [0.2, 0.25) is 5.02 Å². The van der Waals surface area contributed by atoms with Crippen molar-refractivity contribution in [3.63, 3.8) is 0 Å². The first-order chi connectivity index (χ1) is 8.20. The van der Waals surface area contributed by atoms with E-state index in [1.807, 2.05) is 25.2 Å². The van der Waals surface area contributed by atoms with E-state index in [1.165, 1.54) is 19.3 Å². The van der Waals surface area contributed by atoms with Gasteiger partial charge in [0.1, 0.15) is 11.9 Å². The molecule has 1 aliphatic rings. The molecule has 0 aliphatic heterocycles. The summed E-state index contributed by atoms with van der Waals surface area (Å²) in [6.07, 6.45) is 5.13. The van der Waals surface area contributed by atoms with Crippen molar-refractivity contribution in [1.29, 1.82) is 0 Å². The summed E-state index contributed by atoms with van der Waals surface area (Å²) < 4.78 is 6.12. The highest BCUT2D eigenvalue weighted by atomic mass is 35.5. The third kappa shape index (κ3) is 3.14. The minimum Gasteiger partial charge on any atom is -0.488 e. The van der Waals surface area contributed by atoms with E-state index in [0.717, 1.165) is 22.8 Å². The smallest absolute Gasteiger partial charge is 0.124 e. The molecule has 1 aromatic carbocycles. The number of nitrogens with one attached hydrogen (secondary N) is 1. The van der Waals surface area contributed by atoms with Gasteiger partial charge in [0, 0.05) is 11.1 Å². The zero-order valence-corrected chi connectivity index (χ0v) is 11.3. The van der Waals surface area contributed by atoms with E-state index in [2.05, 4.69) is 12.2 Å². The maximum atomic E-state index is 6.12. The summed E-state index contributed by atoms with van der Waals surface area (Å²) in [6.45, 7) is 2.06. The number of ether oxygens (including phenoxy) is 1. The minimum atomic E-state index is 0.269. The molecule has 2 nitrogen and oxygen atoms in total. The normalized spacial score (nSPS) is 24.6. The molecule has 2 atom stereocenters. The largest absolute Gasteiger partial charge is 0.488 e. The molecule has 0 radical (unpaired) electrons. The van der Waals surface area contributed by atoms with Gasteiger partial charge in [-0.25, -0.2) is 0 Å². The minimum absolute atomic E-state index is 0.269. The summed E-state index contributed by atoms with van der Waals surface area (Å²) >= 11 is 6.01. The first-order valence-electron chi connectivity index (χ1n) is 6.31. The fourth-order valence-corrected chi connectivity index (χ4v) is 2.59. The maximum absolute atomic E-state index is 6.12. The van der Waals surface area contributed by atoms with Gasteiger partial charge in [-0.05, 0) is 50.9 Å². The standard InChI is InChI=1S/C14H20ClNO/c1-10-7-8-11(15)9-14(10)17-13-6-4-3-5-12(13)16-2/h7-9,12-13,16H,3-6H2,1-2H3. The van der Waals surface area contributed by atoms with Crippen molar-refractivity contribution in [1.82, 2.24) is 5.32 Å². The van der Waals surface area contributed by atoms with Crippen LogP contribution in [-0.4, -0.2) is 19.2 Å². The van der Waals surface area contributed by atoms with Gasteiger partial charge in [-0.1, -0.05) is 24.1 Å². The Hall–Kier alpha value is -0.730. The Labute approximate surface area is 108 Å². The van der Waals surface area contributed by atoms with Gasteiger partial charge < -0.3 is 10.1 Å². The van der Waals surface area contributed by atoms with Crippen molar-refractivity contribution in [2.24, 2.45) is 0 Å². The predicted molar refractivity (Wildman–Crippen MR) is 71.9 cm³/mol. The molecule has 0 bridgehead atoms. The Balaban J connectivity index is 2.10. The molecule has 1 saturated carbocycles. The summed E-state index contributed by atoms with van der Waals surface area (Å²) in [5, 5.41) is 4.09. The van der Waals surface area contributed by atoms with E-state index in [9.17, 15) is 0 Å². The highest BCUT2D eigenvalue weighted by Gasteiger charge is 2.25. The Morgan fingerprint density at radius 2 is 2.06 bits per heavy atom. The topological polar surface area (TPSA) is 21.3 Å². The summed E-state index contributed by atoms with van der Waals surface area (Å²) in [5.41, 5.74) is 1.15. The molecule has 1 N–H and O–H groups in total. The monoisotopic (exact) mass is 253 g/mol. The third-order valence-corrected chi connectivity index (χ3v) is 3.74. The number of rotatable bonds is 3. The van der Waals surface area contributed by atoms with Crippen LogP contribution in [0, 0.1) is 6.92 Å². The van der Waals surface area contributed by atoms with Crippen molar-refractivity contribution in [3.05, 3.63) is 28.8 Å². The molecule has 0 spiro atoms. The molecule has 3 heteroatoms. The lowest BCUT2D eigenvalue weighted by molar-refractivity contribution is 0.117. The number of benzene rings is 1. The van der Waals surface area contributed by atoms with Crippen molar-refractivity contribution in [3.8, 4) is 5.75 Å². The van der Waals surface area contributed by atoms with Crippen molar-refractivity contribution < 1.29 is 4.74 Å². The first-order valence-corrected chi connectivity index (χ1v) is 6.68. The second-order valence-corrected chi connectivity index (χ2v) is 5.18. The van der Waals surface area contributed by atoms with Crippen LogP contribution in [0.15, 0.2) is 18.2 Å². The second-order valence-electron chi connectivity index (χ2n) is 4.75. The van der Waals surface area contributed by atoms with Crippen LogP contribution in [0.4, 0.5) is 0 Å². The van der Waals surface area contributed by atoms with E-state index in [-0.39, 0.29) is 6.10 Å². The van der Waals surface area contributed by atoms with E-state index in [0.29, 0.717) is 6.04 Å². The van der Waals surface area contributed by atoms with Gasteiger partial charge in [0.15, 0.2) is 0 Å². The Bertz CT molecular complexity index is 380. The van der Waals surface area contributed by atoms with Crippen LogP contribution in [-0.2, 0) is 0 Å². The van der Waals surface area contributed by atoms with Crippen LogP contribution in [0.25, 0.3) is 0 Å². The molecule has 0 saturated heterocycles. The molecule has 2 unspecified atom stereocenters. The highest BCUT2D eigenvalue weighted by molar-refractivity contribution is 6.30. The molecule has 0 heterocycles. The zero-order chi connectivity index (χ0) is 12.3. The van der Waals surface area contributed by atoms with Gasteiger partial charge in [-0.3, -0.25) is 0 Å². The van der Waals surface area contributed by atoms with Crippen LogP contribution in [0.3, 0.4) is 0 Å². The zero-order valence-electron chi connectivity index (χ0n) is 10.5. The van der Waals surface area contributed by atoms with Gasteiger partial charge in [0.2, 0.25) is 0 Å². The molecule has 94 valence electrons. The summed E-state index contributed by atoms with van der Waals surface area (Å²) in [7, 11) is 2.01.